The van der Waals surface area contributed by atoms with Crippen molar-refractivity contribution in [1.82, 2.24) is 4.90 Å². The molecule has 1 amide bonds. The first-order valence-corrected chi connectivity index (χ1v) is 4.56. The van der Waals surface area contributed by atoms with Gasteiger partial charge < -0.3 is 4.90 Å². The molecular weight excluding hydrogens is 168 g/mol. The van der Waals surface area contributed by atoms with Gasteiger partial charge in [0.1, 0.15) is 0 Å². The normalized spacial score (nSPS) is 18.2. The van der Waals surface area contributed by atoms with Crippen LogP contribution in [0.1, 0.15) is 20.8 Å². The monoisotopic (exact) mass is 184 g/mol. The molecule has 0 aromatic carbocycles. The van der Waals surface area contributed by atoms with E-state index in [-0.39, 0.29) is 12.5 Å². The summed E-state index contributed by atoms with van der Waals surface area (Å²) in [7, 11) is 0. The lowest BCUT2D eigenvalue weighted by Crippen LogP contribution is -2.53. The highest BCUT2D eigenvalue weighted by Crippen LogP contribution is 2.24. The number of amides is 1. The second-order valence-corrected chi connectivity index (χ2v) is 4.49. The highest BCUT2D eigenvalue weighted by molar-refractivity contribution is 5.82. The summed E-state index contributed by atoms with van der Waals surface area (Å²) >= 11 is 0. The largest absolute Gasteiger partial charge is 0.342 e. The van der Waals surface area contributed by atoms with Crippen LogP contribution < -0.4 is 0 Å². The Kier molecular flexibility index (Phi) is 2.68. The van der Waals surface area contributed by atoms with Crippen LogP contribution in [0.3, 0.4) is 0 Å². The van der Waals surface area contributed by atoms with Gasteiger partial charge in [0.2, 0.25) is 5.91 Å². The molecule has 0 aromatic rings. The predicted molar refractivity (Wildman–Crippen MR) is 50.2 cm³/mol. The van der Waals surface area contributed by atoms with Crippen LogP contribution in [-0.4, -0.2) is 30.4 Å². The molecule has 1 aliphatic rings. The highest BCUT2D eigenvalue weighted by atomic mass is 16.3. The van der Waals surface area contributed by atoms with Crippen molar-refractivity contribution in [1.29, 1.82) is 0 Å². The van der Waals surface area contributed by atoms with Crippen LogP contribution in [0.15, 0.2) is 5.18 Å². The minimum absolute atomic E-state index is 0.0465. The number of likely N-dealkylation sites (tertiary alicyclic amines) is 1. The average Bonchev–Trinajstić information content (AvgIpc) is 1.97. The van der Waals surface area contributed by atoms with Gasteiger partial charge in [-0.3, -0.25) is 4.79 Å². The Bertz CT molecular complexity index is 220. The molecule has 4 heteroatoms. The zero-order valence-corrected chi connectivity index (χ0v) is 8.41. The van der Waals surface area contributed by atoms with Crippen molar-refractivity contribution in [2.75, 3.05) is 19.6 Å². The summed E-state index contributed by atoms with van der Waals surface area (Å²) in [6.07, 6.45) is 0. The highest BCUT2D eigenvalue weighted by Gasteiger charge is 2.37. The maximum absolute atomic E-state index is 11.7. The van der Waals surface area contributed by atoms with Gasteiger partial charge in [0.05, 0.1) is 12.0 Å². The summed E-state index contributed by atoms with van der Waals surface area (Å²) in [4.78, 5) is 23.6. The molecule has 1 fully saturated rings. The second kappa shape index (κ2) is 3.44. The third-order valence-electron chi connectivity index (χ3n) is 2.39. The molecule has 74 valence electrons. The lowest BCUT2D eigenvalue weighted by Gasteiger charge is -2.41. The van der Waals surface area contributed by atoms with E-state index < -0.39 is 5.41 Å². The van der Waals surface area contributed by atoms with Gasteiger partial charge in [-0.15, -0.1) is 0 Å². The van der Waals surface area contributed by atoms with E-state index in [9.17, 15) is 9.70 Å². The number of rotatable bonds is 3. The first-order chi connectivity index (χ1) is 5.97. The maximum Gasteiger partial charge on any atom is 0.230 e. The van der Waals surface area contributed by atoms with Crippen molar-refractivity contribution in [2.24, 2.45) is 16.5 Å². The van der Waals surface area contributed by atoms with Crippen molar-refractivity contribution >= 4 is 5.91 Å². The van der Waals surface area contributed by atoms with Crippen LogP contribution in [0.4, 0.5) is 0 Å². The van der Waals surface area contributed by atoms with E-state index in [1.165, 1.54) is 0 Å². The number of hydrogen-bond acceptors (Lipinski definition) is 3. The van der Waals surface area contributed by atoms with E-state index >= 15 is 0 Å². The molecule has 0 radical (unpaired) electrons. The van der Waals surface area contributed by atoms with Crippen molar-refractivity contribution in [3.05, 3.63) is 4.91 Å². The fraction of sp³-hybridized carbons (Fsp3) is 0.889. The molecule has 13 heavy (non-hydrogen) atoms. The molecule has 0 bridgehead atoms. The first-order valence-electron chi connectivity index (χ1n) is 4.56. The molecular formula is C9H16N2O2. The molecule has 1 heterocycles. The fourth-order valence-electron chi connectivity index (χ4n) is 1.52. The quantitative estimate of drug-likeness (QED) is 0.620. The number of carbonyl (C=O) groups is 1. The minimum Gasteiger partial charge on any atom is -0.342 e. The SMILES string of the molecule is CC1CN(C(=O)C(C)(C)CN=O)C1. The Hall–Kier alpha value is -0.930. The number of nitrogens with zero attached hydrogens (tertiary/aromatic N) is 2. The summed E-state index contributed by atoms with van der Waals surface area (Å²) < 4.78 is 0. The van der Waals surface area contributed by atoms with Crippen molar-refractivity contribution < 1.29 is 4.79 Å². The second-order valence-electron chi connectivity index (χ2n) is 4.49. The zero-order chi connectivity index (χ0) is 10.1. The van der Waals surface area contributed by atoms with Crippen LogP contribution in [0.2, 0.25) is 0 Å². The maximum atomic E-state index is 11.7. The summed E-state index contributed by atoms with van der Waals surface area (Å²) in [5.74, 6) is 0.647. The molecule has 0 saturated carbocycles. The lowest BCUT2D eigenvalue weighted by molar-refractivity contribution is -0.146. The van der Waals surface area contributed by atoms with E-state index in [1.54, 1.807) is 18.7 Å². The summed E-state index contributed by atoms with van der Waals surface area (Å²) in [6, 6.07) is 0. The number of hydrogen-bond donors (Lipinski definition) is 0. The van der Waals surface area contributed by atoms with Gasteiger partial charge in [0.25, 0.3) is 0 Å². The molecule has 0 aliphatic carbocycles. The van der Waals surface area contributed by atoms with Crippen LogP contribution >= 0.6 is 0 Å². The summed E-state index contributed by atoms with van der Waals surface area (Å²) in [6.45, 7) is 7.34. The van der Waals surface area contributed by atoms with E-state index in [2.05, 4.69) is 12.1 Å². The van der Waals surface area contributed by atoms with E-state index in [1.807, 2.05) is 0 Å². The fourth-order valence-corrected chi connectivity index (χ4v) is 1.52. The van der Waals surface area contributed by atoms with Gasteiger partial charge in [-0.1, -0.05) is 12.1 Å². The molecule has 0 unspecified atom stereocenters. The Labute approximate surface area is 78.3 Å². The minimum atomic E-state index is -0.623. The van der Waals surface area contributed by atoms with Crippen molar-refractivity contribution in [2.45, 2.75) is 20.8 Å². The Balaban J connectivity index is 2.51. The molecule has 4 nitrogen and oxygen atoms in total. The Morgan fingerprint density at radius 3 is 2.46 bits per heavy atom. The van der Waals surface area contributed by atoms with E-state index in [0.717, 1.165) is 13.1 Å². The Morgan fingerprint density at radius 1 is 1.54 bits per heavy atom. The van der Waals surface area contributed by atoms with Crippen LogP contribution in [0, 0.1) is 16.2 Å². The number of carbonyl (C=O) groups excluding carboxylic acids is 1. The van der Waals surface area contributed by atoms with E-state index in [4.69, 9.17) is 0 Å². The van der Waals surface area contributed by atoms with E-state index in [0.29, 0.717) is 5.92 Å². The average molecular weight is 184 g/mol. The van der Waals surface area contributed by atoms with Crippen molar-refractivity contribution in [3.63, 3.8) is 0 Å². The van der Waals surface area contributed by atoms with Crippen LogP contribution in [0.5, 0.6) is 0 Å². The molecule has 0 aromatic heterocycles. The molecule has 0 atom stereocenters. The molecule has 1 rings (SSSR count). The van der Waals surface area contributed by atoms with Crippen LogP contribution in [-0.2, 0) is 4.79 Å². The lowest BCUT2D eigenvalue weighted by atomic mass is 9.89. The topological polar surface area (TPSA) is 49.7 Å². The van der Waals surface area contributed by atoms with Gasteiger partial charge in [0, 0.05) is 13.1 Å². The van der Waals surface area contributed by atoms with Crippen LogP contribution in [0.25, 0.3) is 0 Å². The summed E-state index contributed by atoms with van der Waals surface area (Å²) in [5.41, 5.74) is -0.623. The first kappa shape index (κ1) is 10.2. The molecule has 0 spiro atoms. The number of nitroso groups, excluding NO2 is 1. The predicted octanol–water partition coefficient (Wildman–Crippen LogP) is 1.26. The third kappa shape index (κ3) is 2.05. The van der Waals surface area contributed by atoms with Gasteiger partial charge in [-0.2, -0.15) is 4.91 Å². The molecule has 1 saturated heterocycles. The molecule has 1 aliphatic heterocycles. The zero-order valence-electron chi connectivity index (χ0n) is 8.41. The van der Waals surface area contributed by atoms with Gasteiger partial charge in [-0.05, 0) is 19.8 Å². The van der Waals surface area contributed by atoms with Gasteiger partial charge >= 0.3 is 0 Å². The standard InChI is InChI=1S/C9H16N2O2/c1-7-4-11(5-7)8(12)9(2,3)6-10-13/h7H,4-6H2,1-3H3. The Morgan fingerprint density at radius 2 is 2.08 bits per heavy atom. The van der Waals surface area contributed by atoms with Crippen molar-refractivity contribution in [3.8, 4) is 0 Å². The third-order valence-corrected chi connectivity index (χ3v) is 2.39. The van der Waals surface area contributed by atoms with Gasteiger partial charge in [-0.25, -0.2) is 0 Å². The molecule has 0 N–H and O–H groups in total. The smallest absolute Gasteiger partial charge is 0.230 e. The summed E-state index contributed by atoms with van der Waals surface area (Å²) in [5, 5.41) is 2.79. The van der Waals surface area contributed by atoms with Gasteiger partial charge in [0.15, 0.2) is 0 Å².